The van der Waals surface area contributed by atoms with Gasteiger partial charge in [0.2, 0.25) is 15.9 Å². The van der Waals surface area contributed by atoms with Crippen LogP contribution in [0.25, 0.3) is 0 Å². The SMILES string of the molecule is N=C(N)c1cccc(CN2CC[C@H](NS(=O)(=O)c3ccc4c(c3)CCCC4)C2=O)c1.O=C(O)C(F)(F)F. The number of carbonyl (C=O) groups excluding carboxylic acids is 1. The van der Waals surface area contributed by atoms with Crippen LogP contribution in [0.1, 0.15) is 41.5 Å². The van der Waals surface area contributed by atoms with Crippen molar-refractivity contribution in [2.24, 2.45) is 5.73 Å². The topological polar surface area (TPSA) is 154 Å². The number of fused-ring (bicyclic) bond motifs is 1. The van der Waals surface area contributed by atoms with Gasteiger partial charge in [-0.25, -0.2) is 13.2 Å². The lowest BCUT2D eigenvalue weighted by Crippen LogP contribution is -2.41. The van der Waals surface area contributed by atoms with Crippen LogP contribution in [-0.2, 0) is 39.0 Å². The molecule has 1 heterocycles. The molecule has 0 aromatic heterocycles. The quantitative estimate of drug-likeness (QED) is 0.326. The zero-order valence-electron chi connectivity index (χ0n) is 19.7. The van der Waals surface area contributed by atoms with Gasteiger partial charge in [0.25, 0.3) is 0 Å². The Hall–Kier alpha value is -3.45. The highest BCUT2D eigenvalue weighted by atomic mass is 32.2. The van der Waals surface area contributed by atoms with Crippen LogP contribution in [0.3, 0.4) is 0 Å². The van der Waals surface area contributed by atoms with E-state index in [4.69, 9.17) is 21.0 Å². The van der Waals surface area contributed by atoms with Gasteiger partial charge in [0.15, 0.2) is 0 Å². The Bertz CT molecular complexity index is 1300. The summed E-state index contributed by atoms with van der Waals surface area (Å²) >= 11 is 0. The summed E-state index contributed by atoms with van der Waals surface area (Å²) in [5.74, 6) is -3.02. The van der Waals surface area contributed by atoms with Crippen LogP contribution < -0.4 is 10.5 Å². The molecular weight excluding hydrogens is 513 g/mol. The number of alkyl halides is 3. The van der Waals surface area contributed by atoms with Gasteiger partial charge < -0.3 is 15.7 Å². The number of aliphatic carboxylic acids is 1. The molecular formula is C24H27F3N4O5S. The molecule has 37 heavy (non-hydrogen) atoms. The van der Waals surface area contributed by atoms with Crippen LogP contribution in [0.5, 0.6) is 0 Å². The first-order valence-electron chi connectivity index (χ1n) is 11.4. The first-order chi connectivity index (χ1) is 17.3. The van der Waals surface area contributed by atoms with Crippen LogP contribution in [0, 0.1) is 5.41 Å². The third-order valence-electron chi connectivity index (χ3n) is 6.08. The van der Waals surface area contributed by atoms with Crippen molar-refractivity contribution in [1.82, 2.24) is 9.62 Å². The number of likely N-dealkylation sites (tertiary alicyclic amines) is 1. The molecule has 0 unspecified atom stereocenters. The predicted molar refractivity (Wildman–Crippen MR) is 128 cm³/mol. The van der Waals surface area contributed by atoms with E-state index < -0.39 is 28.2 Å². The molecule has 1 amide bonds. The Labute approximate surface area is 212 Å². The van der Waals surface area contributed by atoms with Crippen molar-refractivity contribution in [1.29, 1.82) is 5.41 Å². The fourth-order valence-corrected chi connectivity index (χ4v) is 5.47. The first-order valence-corrected chi connectivity index (χ1v) is 12.9. The summed E-state index contributed by atoms with van der Waals surface area (Å²) in [4.78, 5) is 23.6. The van der Waals surface area contributed by atoms with Gasteiger partial charge in [-0.15, -0.1) is 0 Å². The summed E-state index contributed by atoms with van der Waals surface area (Å²) in [5, 5.41) is 14.7. The molecule has 1 aliphatic heterocycles. The van der Waals surface area contributed by atoms with Crippen molar-refractivity contribution in [3.8, 4) is 0 Å². The minimum Gasteiger partial charge on any atom is -0.475 e. The van der Waals surface area contributed by atoms with Crippen molar-refractivity contribution in [2.75, 3.05) is 6.54 Å². The number of amides is 1. The molecule has 2 aromatic rings. The molecule has 1 fully saturated rings. The number of halogens is 3. The van der Waals surface area contributed by atoms with E-state index in [1.54, 1.807) is 35.2 Å². The smallest absolute Gasteiger partial charge is 0.475 e. The number of carbonyl (C=O) groups is 2. The summed E-state index contributed by atoms with van der Waals surface area (Å²) in [6, 6.07) is 11.7. The van der Waals surface area contributed by atoms with E-state index in [1.807, 2.05) is 12.1 Å². The van der Waals surface area contributed by atoms with Crippen molar-refractivity contribution < 1.29 is 36.3 Å². The number of nitrogens with two attached hydrogens (primary N) is 1. The standard InChI is InChI=1S/C22H26N4O3S.C2HF3O2/c23-21(24)18-7-3-4-15(12-18)14-26-11-10-20(22(26)27)25-30(28,29)19-9-8-16-5-1-2-6-17(16)13-19;3-2(4,5)1(6)7/h3-4,7-9,12-13,20,25H,1-2,5-6,10-11,14H2,(H3,23,24);(H,6,7)/t20-;/m0./s1. The first kappa shape index (κ1) is 28.1. The summed E-state index contributed by atoms with van der Waals surface area (Å²) in [6.45, 7) is 0.831. The van der Waals surface area contributed by atoms with Gasteiger partial charge in [-0.1, -0.05) is 24.3 Å². The van der Waals surface area contributed by atoms with Gasteiger partial charge in [0.05, 0.1) is 4.90 Å². The van der Waals surface area contributed by atoms with E-state index in [0.717, 1.165) is 36.8 Å². The monoisotopic (exact) mass is 540 g/mol. The number of hydrogen-bond donors (Lipinski definition) is 4. The van der Waals surface area contributed by atoms with Gasteiger partial charge in [0.1, 0.15) is 11.9 Å². The van der Waals surface area contributed by atoms with E-state index >= 15 is 0 Å². The molecule has 5 N–H and O–H groups in total. The average Bonchev–Trinajstić information content (AvgIpc) is 3.17. The number of hydrogen-bond acceptors (Lipinski definition) is 5. The van der Waals surface area contributed by atoms with Crippen LogP contribution in [0.15, 0.2) is 47.4 Å². The summed E-state index contributed by atoms with van der Waals surface area (Å²) in [5.41, 5.74) is 9.30. The minimum absolute atomic E-state index is 0.0275. The Morgan fingerprint density at radius 1 is 1.14 bits per heavy atom. The lowest BCUT2D eigenvalue weighted by molar-refractivity contribution is -0.192. The fourth-order valence-electron chi connectivity index (χ4n) is 4.20. The Morgan fingerprint density at radius 2 is 1.78 bits per heavy atom. The number of aryl methyl sites for hydroxylation is 2. The highest BCUT2D eigenvalue weighted by Crippen LogP contribution is 2.25. The lowest BCUT2D eigenvalue weighted by Gasteiger charge is -2.19. The van der Waals surface area contributed by atoms with Crippen LogP contribution in [0.2, 0.25) is 0 Å². The number of nitrogens with one attached hydrogen (secondary N) is 2. The Morgan fingerprint density at radius 3 is 2.41 bits per heavy atom. The average molecular weight is 541 g/mol. The second kappa shape index (κ2) is 11.3. The van der Waals surface area contributed by atoms with Crippen molar-refractivity contribution in [3.05, 3.63) is 64.7 Å². The lowest BCUT2D eigenvalue weighted by atomic mass is 9.92. The molecule has 2 aliphatic rings. The molecule has 0 spiro atoms. The van der Waals surface area contributed by atoms with E-state index in [0.29, 0.717) is 25.1 Å². The number of rotatable bonds is 6. The molecule has 0 saturated carbocycles. The van der Waals surface area contributed by atoms with Gasteiger partial charge in [-0.05, 0) is 67.0 Å². The Balaban J connectivity index is 0.000000479. The second-order valence-corrected chi connectivity index (χ2v) is 10.5. The molecule has 0 radical (unpaired) electrons. The van der Waals surface area contributed by atoms with E-state index in [1.165, 1.54) is 5.56 Å². The van der Waals surface area contributed by atoms with Crippen molar-refractivity contribution >= 4 is 27.7 Å². The highest BCUT2D eigenvalue weighted by Gasteiger charge is 2.38. The number of carboxylic acids is 1. The Kier molecular flexibility index (Phi) is 8.59. The van der Waals surface area contributed by atoms with Crippen molar-refractivity contribution in [2.45, 2.75) is 55.8 Å². The van der Waals surface area contributed by atoms with E-state index in [9.17, 15) is 26.4 Å². The molecule has 1 aliphatic carbocycles. The number of sulfonamides is 1. The normalized spacial score (nSPS) is 17.5. The number of nitrogens with zero attached hydrogens (tertiary/aromatic N) is 1. The predicted octanol–water partition coefficient (Wildman–Crippen LogP) is 2.56. The highest BCUT2D eigenvalue weighted by molar-refractivity contribution is 7.89. The zero-order chi connectivity index (χ0) is 27.4. The van der Waals surface area contributed by atoms with Crippen LogP contribution in [0.4, 0.5) is 13.2 Å². The number of benzene rings is 2. The van der Waals surface area contributed by atoms with Gasteiger partial charge in [-0.3, -0.25) is 10.2 Å². The molecule has 1 atom stereocenters. The van der Waals surface area contributed by atoms with Gasteiger partial charge in [-0.2, -0.15) is 17.9 Å². The number of carboxylic acid groups (broad SMARTS) is 1. The maximum Gasteiger partial charge on any atom is 0.490 e. The number of nitrogen functional groups attached to an aromatic ring is 1. The molecule has 1 saturated heterocycles. The molecule has 200 valence electrons. The van der Waals surface area contributed by atoms with Gasteiger partial charge >= 0.3 is 12.1 Å². The largest absolute Gasteiger partial charge is 0.490 e. The molecule has 4 rings (SSSR count). The van der Waals surface area contributed by atoms with E-state index in [-0.39, 0.29) is 16.6 Å². The fraction of sp³-hybridized carbons (Fsp3) is 0.375. The maximum absolute atomic E-state index is 12.9. The van der Waals surface area contributed by atoms with Crippen molar-refractivity contribution in [3.63, 3.8) is 0 Å². The number of amidine groups is 1. The van der Waals surface area contributed by atoms with E-state index in [2.05, 4.69) is 4.72 Å². The second-order valence-electron chi connectivity index (χ2n) is 8.78. The summed E-state index contributed by atoms with van der Waals surface area (Å²) < 4.78 is 60.1. The minimum atomic E-state index is -5.08. The van der Waals surface area contributed by atoms with Crippen LogP contribution in [-0.4, -0.2) is 54.9 Å². The summed E-state index contributed by atoms with van der Waals surface area (Å²) in [6.07, 6.45) is -0.558. The van der Waals surface area contributed by atoms with Crippen LogP contribution >= 0.6 is 0 Å². The molecule has 13 heteroatoms. The zero-order valence-corrected chi connectivity index (χ0v) is 20.5. The molecule has 2 aromatic carbocycles. The molecule has 9 nitrogen and oxygen atoms in total. The van der Waals surface area contributed by atoms with Gasteiger partial charge in [0, 0.05) is 18.7 Å². The summed E-state index contributed by atoms with van der Waals surface area (Å²) in [7, 11) is -3.77. The molecule has 0 bridgehead atoms. The maximum atomic E-state index is 12.9. The third-order valence-corrected chi connectivity index (χ3v) is 7.55. The third kappa shape index (κ3) is 7.29.